The predicted octanol–water partition coefficient (Wildman–Crippen LogP) is 2.45. The smallest absolute Gasteiger partial charge is 0.0273 e. The van der Waals surface area contributed by atoms with E-state index in [0.717, 1.165) is 12.0 Å². The lowest BCUT2D eigenvalue weighted by Gasteiger charge is -2.25. The van der Waals surface area contributed by atoms with Crippen LogP contribution >= 0.6 is 0 Å². The molecule has 58 valence electrons. The number of allylic oxidation sites excluding steroid dienone is 1. The quantitative estimate of drug-likeness (QED) is 0.597. The highest BCUT2D eigenvalue weighted by atomic mass is 14.6. The first-order valence-electron chi connectivity index (χ1n) is 3.56. The average molecular weight is 139 g/mol. The molecule has 0 radical (unpaired) electrons. The molecule has 0 aromatic carbocycles. The second-order valence-corrected chi connectivity index (χ2v) is 3.24. The molecule has 1 heteroatoms. The van der Waals surface area contributed by atoms with Gasteiger partial charge in [-0.15, -0.1) is 0 Å². The van der Waals surface area contributed by atoms with Crippen LogP contribution in [0.1, 0.15) is 27.2 Å². The van der Waals surface area contributed by atoms with E-state index in [1.54, 1.807) is 0 Å². The van der Waals surface area contributed by atoms with Crippen molar-refractivity contribution >= 4 is 0 Å². The molecule has 10 heavy (non-hydrogen) atoms. The van der Waals surface area contributed by atoms with E-state index in [1.807, 2.05) is 0 Å². The van der Waals surface area contributed by atoms with Crippen molar-refractivity contribution in [1.82, 2.24) is 0 Å². The first kappa shape index (κ1) is 9.28. The zero-order chi connectivity index (χ0) is 8.36. The van der Waals surface area contributed by atoms with Gasteiger partial charge in [-0.1, -0.05) is 33.9 Å². The Morgan fingerprint density at radius 2 is 1.80 bits per heavy atom. The first-order valence-corrected chi connectivity index (χ1v) is 3.56. The van der Waals surface area contributed by atoms with Crippen LogP contribution in [0.15, 0.2) is 24.4 Å². The molecule has 1 nitrogen and oxygen atoms in total. The maximum Gasteiger partial charge on any atom is 0.0273 e. The summed E-state index contributed by atoms with van der Waals surface area (Å²) in [6, 6.07) is 0. The third kappa shape index (κ3) is 1.90. The SMILES string of the molecule is C=C(N)C(=C)C(C)(C)CC. The van der Waals surface area contributed by atoms with E-state index in [0.29, 0.717) is 5.70 Å². The van der Waals surface area contributed by atoms with Gasteiger partial charge in [-0.25, -0.2) is 0 Å². The normalized spacial score (nSPS) is 11.1. The van der Waals surface area contributed by atoms with E-state index >= 15 is 0 Å². The molecule has 0 saturated carbocycles. The molecule has 0 unspecified atom stereocenters. The third-order valence-corrected chi connectivity index (χ3v) is 2.09. The predicted molar refractivity (Wildman–Crippen MR) is 46.5 cm³/mol. The average Bonchev–Trinajstić information content (AvgIpc) is 1.86. The molecule has 0 amide bonds. The summed E-state index contributed by atoms with van der Waals surface area (Å²) < 4.78 is 0. The van der Waals surface area contributed by atoms with Crippen LogP contribution in [0.5, 0.6) is 0 Å². The van der Waals surface area contributed by atoms with Crippen molar-refractivity contribution in [2.45, 2.75) is 27.2 Å². The Labute approximate surface area is 63.6 Å². The molecule has 0 aliphatic carbocycles. The Hall–Kier alpha value is -0.720. The largest absolute Gasteiger partial charge is 0.399 e. The highest BCUT2D eigenvalue weighted by molar-refractivity contribution is 5.27. The lowest BCUT2D eigenvalue weighted by molar-refractivity contribution is 0.436. The minimum Gasteiger partial charge on any atom is -0.399 e. The molecular formula is C9H17N. The molecule has 2 N–H and O–H groups in total. The van der Waals surface area contributed by atoms with Crippen LogP contribution in [0, 0.1) is 5.41 Å². The van der Waals surface area contributed by atoms with Gasteiger partial charge in [0, 0.05) is 5.70 Å². The van der Waals surface area contributed by atoms with E-state index in [4.69, 9.17) is 5.73 Å². The van der Waals surface area contributed by atoms with Gasteiger partial charge >= 0.3 is 0 Å². The highest BCUT2D eigenvalue weighted by Gasteiger charge is 2.19. The monoisotopic (exact) mass is 139 g/mol. The van der Waals surface area contributed by atoms with Crippen molar-refractivity contribution in [3.8, 4) is 0 Å². The minimum atomic E-state index is 0.103. The molecule has 0 spiro atoms. The summed E-state index contributed by atoms with van der Waals surface area (Å²) in [4.78, 5) is 0. The summed E-state index contributed by atoms with van der Waals surface area (Å²) in [7, 11) is 0. The van der Waals surface area contributed by atoms with Crippen LogP contribution in [-0.2, 0) is 0 Å². The maximum atomic E-state index is 5.50. The Kier molecular flexibility index (Phi) is 2.70. The van der Waals surface area contributed by atoms with Crippen LogP contribution < -0.4 is 5.73 Å². The van der Waals surface area contributed by atoms with Crippen LogP contribution in [-0.4, -0.2) is 0 Å². The van der Waals surface area contributed by atoms with E-state index in [-0.39, 0.29) is 5.41 Å². The third-order valence-electron chi connectivity index (χ3n) is 2.09. The molecule has 0 aromatic rings. The summed E-state index contributed by atoms with van der Waals surface area (Å²) in [5, 5.41) is 0. The molecule has 0 heterocycles. The van der Waals surface area contributed by atoms with Gasteiger partial charge in [-0.05, 0) is 17.4 Å². The summed E-state index contributed by atoms with van der Waals surface area (Å²) in [6.45, 7) is 13.9. The zero-order valence-corrected chi connectivity index (χ0v) is 7.20. The molecule has 0 saturated heterocycles. The van der Waals surface area contributed by atoms with Crippen molar-refractivity contribution in [3.63, 3.8) is 0 Å². The molecule has 0 atom stereocenters. The minimum absolute atomic E-state index is 0.103. The van der Waals surface area contributed by atoms with Crippen LogP contribution in [0.25, 0.3) is 0 Å². The van der Waals surface area contributed by atoms with E-state index in [2.05, 4.69) is 33.9 Å². The molecule has 0 rings (SSSR count). The first-order chi connectivity index (χ1) is 4.41. The number of hydrogen-bond donors (Lipinski definition) is 1. The molecule has 0 fully saturated rings. The van der Waals surface area contributed by atoms with Gasteiger partial charge in [0.05, 0.1) is 0 Å². The van der Waals surface area contributed by atoms with Crippen molar-refractivity contribution in [3.05, 3.63) is 24.4 Å². The lowest BCUT2D eigenvalue weighted by Crippen LogP contribution is -2.17. The maximum absolute atomic E-state index is 5.50. The topological polar surface area (TPSA) is 26.0 Å². The Balaban J connectivity index is 4.33. The van der Waals surface area contributed by atoms with Crippen molar-refractivity contribution in [2.24, 2.45) is 11.1 Å². The highest BCUT2D eigenvalue weighted by Crippen LogP contribution is 2.30. The Bertz CT molecular complexity index is 154. The van der Waals surface area contributed by atoms with Gasteiger partial charge in [0.2, 0.25) is 0 Å². The van der Waals surface area contributed by atoms with Gasteiger partial charge in [0.1, 0.15) is 0 Å². The summed E-state index contributed by atoms with van der Waals surface area (Å²) in [5.74, 6) is 0. The second-order valence-electron chi connectivity index (χ2n) is 3.24. The molecule has 0 aliphatic rings. The fourth-order valence-corrected chi connectivity index (χ4v) is 0.648. The van der Waals surface area contributed by atoms with Gasteiger partial charge < -0.3 is 5.73 Å². The van der Waals surface area contributed by atoms with E-state index < -0.39 is 0 Å². The Morgan fingerprint density at radius 3 is 1.90 bits per heavy atom. The van der Waals surface area contributed by atoms with Gasteiger partial charge in [0.25, 0.3) is 0 Å². The molecular weight excluding hydrogens is 122 g/mol. The Morgan fingerprint density at radius 1 is 1.40 bits per heavy atom. The molecule has 0 bridgehead atoms. The summed E-state index contributed by atoms with van der Waals surface area (Å²) in [5.41, 5.74) is 7.16. The van der Waals surface area contributed by atoms with Crippen molar-refractivity contribution in [1.29, 1.82) is 0 Å². The summed E-state index contributed by atoms with van der Waals surface area (Å²) in [6.07, 6.45) is 1.04. The zero-order valence-electron chi connectivity index (χ0n) is 7.20. The fraction of sp³-hybridized carbons (Fsp3) is 0.556. The lowest BCUT2D eigenvalue weighted by atomic mass is 9.81. The van der Waals surface area contributed by atoms with Crippen LogP contribution in [0.3, 0.4) is 0 Å². The standard InChI is InChI=1S/C9H17N/c1-6-9(4,5)7(2)8(3)10/h2-3,6,10H2,1,4-5H3. The van der Waals surface area contributed by atoms with E-state index in [1.165, 1.54) is 0 Å². The number of nitrogens with two attached hydrogens (primary N) is 1. The van der Waals surface area contributed by atoms with Crippen molar-refractivity contribution < 1.29 is 0 Å². The van der Waals surface area contributed by atoms with Crippen molar-refractivity contribution in [2.75, 3.05) is 0 Å². The van der Waals surface area contributed by atoms with Crippen LogP contribution in [0.2, 0.25) is 0 Å². The van der Waals surface area contributed by atoms with E-state index in [9.17, 15) is 0 Å². The molecule has 0 aromatic heterocycles. The fourth-order valence-electron chi connectivity index (χ4n) is 0.648. The number of hydrogen-bond acceptors (Lipinski definition) is 1. The molecule has 0 aliphatic heterocycles. The van der Waals surface area contributed by atoms with Gasteiger partial charge in [-0.2, -0.15) is 0 Å². The van der Waals surface area contributed by atoms with Gasteiger partial charge in [0.15, 0.2) is 0 Å². The van der Waals surface area contributed by atoms with Crippen LogP contribution in [0.4, 0.5) is 0 Å². The second kappa shape index (κ2) is 2.91. The summed E-state index contributed by atoms with van der Waals surface area (Å²) >= 11 is 0. The number of rotatable bonds is 3. The van der Waals surface area contributed by atoms with Gasteiger partial charge in [-0.3, -0.25) is 0 Å².